The summed E-state index contributed by atoms with van der Waals surface area (Å²) in [5, 5.41) is 0. The molecule has 4 nitrogen and oxygen atoms in total. The van der Waals surface area contributed by atoms with Gasteiger partial charge in [0, 0.05) is 11.4 Å². The van der Waals surface area contributed by atoms with Crippen LogP contribution in [0.15, 0.2) is 57.9 Å². The molecule has 1 saturated carbocycles. The Morgan fingerprint density at radius 1 is 1.16 bits per heavy atom. The Kier molecular flexibility index (Phi) is 5.37. The summed E-state index contributed by atoms with van der Waals surface area (Å²) >= 11 is 0. The van der Waals surface area contributed by atoms with Gasteiger partial charge in [0.2, 0.25) is 5.90 Å². The predicted molar refractivity (Wildman–Crippen MR) is 104 cm³/mol. The Morgan fingerprint density at radius 2 is 1.84 bits per heavy atom. The van der Waals surface area contributed by atoms with Gasteiger partial charge in [-0.3, -0.25) is 0 Å². The maximum absolute atomic E-state index is 5.98. The van der Waals surface area contributed by atoms with Crippen molar-refractivity contribution in [3.05, 3.63) is 59.1 Å². The molecule has 4 heteroatoms. The van der Waals surface area contributed by atoms with Crippen LogP contribution in [0.4, 0.5) is 0 Å². The molecule has 1 aromatic rings. The van der Waals surface area contributed by atoms with Gasteiger partial charge in [-0.05, 0) is 43.7 Å². The lowest BCUT2D eigenvalue weighted by Crippen LogP contribution is -2.24. The highest BCUT2D eigenvalue weighted by Crippen LogP contribution is 2.32. The Bertz CT molecular complexity index is 731. The van der Waals surface area contributed by atoms with E-state index in [9.17, 15) is 0 Å². The van der Waals surface area contributed by atoms with Crippen molar-refractivity contribution in [3.8, 4) is 0 Å². The third kappa shape index (κ3) is 4.19. The molecule has 0 saturated heterocycles. The third-order valence-electron chi connectivity index (χ3n) is 4.78. The molecule has 0 radical (unpaired) electrons. The molecular weight excluding hydrogens is 310 g/mol. The van der Waals surface area contributed by atoms with Crippen LogP contribution in [0.5, 0.6) is 0 Å². The topological polar surface area (TPSA) is 60.0 Å². The van der Waals surface area contributed by atoms with Crippen LogP contribution < -0.4 is 5.73 Å². The number of aliphatic imine (C=N–C) groups is 2. The van der Waals surface area contributed by atoms with E-state index in [4.69, 9.17) is 15.5 Å². The molecular formula is C21H27N3O. The molecule has 0 unspecified atom stereocenters. The average molecular weight is 337 g/mol. The maximum Gasteiger partial charge on any atom is 0.242 e. The predicted octanol–water partition coefficient (Wildman–Crippen LogP) is 4.68. The van der Waals surface area contributed by atoms with Gasteiger partial charge in [-0.15, -0.1) is 0 Å². The summed E-state index contributed by atoms with van der Waals surface area (Å²) < 4.78 is 5.80. The van der Waals surface area contributed by atoms with Crippen molar-refractivity contribution in [1.29, 1.82) is 0 Å². The van der Waals surface area contributed by atoms with Crippen molar-refractivity contribution < 1.29 is 4.74 Å². The van der Waals surface area contributed by atoms with Gasteiger partial charge in [-0.2, -0.15) is 0 Å². The minimum atomic E-state index is 0.395. The fourth-order valence-corrected chi connectivity index (χ4v) is 3.47. The molecule has 0 amide bonds. The largest absolute Gasteiger partial charge is 0.470 e. The van der Waals surface area contributed by atoms with E-state index in [0.717, 1.165) is 11.3 Å². The normalized spacial score (nSPS) is 22.3. The van der Waals surface area contributed by atoms with Gasteiger partial charge >= 0.3 is 0 Å². The van der Waals surface area contributed by atoms with E-state index < -0.39 is 0 Å². The average Bonchev–Trinajstić information content (AvgIpc) is 2.62. The first kappa shape index (κ1) is 17.5. The lowest BCUT2D eigenvalue weighted by Gasteiger charge is -2.23. The lowest BCUT2D eigenvalue weighted by atomic mass is 9.84. The number of ether oxygens (including phenoxy) is 1. The Balaban J connectivity index is 1.84. The number of nitrogens with zero attached hydrogens (tertiary/aromatic N) is 2. The molecule has 0 spiro atoms. The van der Waals surface area contributed by atoms with Gasteiger partial charge < -0.3 is 10.5 Å². The van der Waals surface area contributed by atoms with Crippen LogP contribution in [0.2, 0.25) is 0 Å². The summed E-state index contributed by atoms with van der Waals surface area (Å²) in [5.74, 6) is 1.17. The van der Waals surface area contributed by atoms with Crippen molar-refractivity contribution in [2.45, 2.75) is 51.9 Å². The molecule has 2 aliphatic rings. The van der Waals surface area contributed by atoms with E-state index in [0.29, 0.717) is 35.5 Å². The van der Waals surface area contributed by atoms with Gasteiger partial charge in [0.1, 0.15) is 12.3 Å². The standard InChI is InChI=1S/C21H27N3O/c1-14(2)23-21-20(15(3)22)24-19(13-25-21)18-11-9-17(10-12-18)16-7-5-4-6-8-16/h9-12,16H,1,4-8,13,22H2,2-3H3/b20-15-,23-21?. The molecule has 1 aliphatic heterocycles. The highest BCUT2D eigenvalue weighted by molar-refractivity contribution is 6.09. The first-order valence-corrected chi connectivity index (χ1v) is 9.06. The lowest BCUT2D eigenvalue weighted by molar-refractivity contribution is 0.357. The van der Waals surface area contributed by atoms with E-state index >= 15 is 0 Å². The van der Waals surface area contributed by atoms with Crippen LogP contribution in [0, 0.1) is 0 Å². The van der Waals surface area contributed by atoms with Crippen LogP contribution in [0.3, 0.4) is 0 Å². The number of hydrogen-bond acceptors (Lipinski definition) is 4. The van der Waals surface area contributed by atoms with Gasteiger partial charge in [0.05, 0.1) is 5.71 Å². The number of hydrogen-bond donors (Lipinski definition) is 1. The second-order valence-electron chi connectivity index (χ2n) is 6.99. The van der Waals surface area contributed by atoms with E-state index in [2.05, 4.69) is 35.8 Å². The summed E-state index contributed by atoms with van der Waals surface area (Å²) in [4.78, 5) is 9.00. The highest BCUT2D eigenvalue weighted by Gasteiger charge is 2.21. The summed E-state index contributed by atoms with van der Waals surface area (Å²) in [6.45, 7) is 7.82. The zero-order valence-corrected chi connectivity index (χ0v) is 15.2. The summed E-state index contributed by atoms with van der Waals surface area (Å²) in [7, 11) is 0. The van der Waals surface area contributed by atoms with E-state index in [1.54, 1.807) is 0 Å². The number of rotatable bonds is 3. The first-order valence-electron chi connectivity index (χ1n) is 9.06. The smallest absolute Gasteiger partial charge is 0.242 e. The highest BCUT2D eigenvalue weighted by atomic mass is 16.5. The molecule has 0 bridgehead atoms. The fourth-order valence-electron chi connectivity index (χ4n) is 3.47. The fraction of sp³-hybridized carbons (Fsp3) is 0.429. The second-order valence-corrected chi connectivity index (χ2v) is 6.99. The van der Waals surface area contributed by atoms with Gasteiger partial charge in [-0.25, -0.2) is 9.98 Å². The van der Waals surface area contributed by atoms with Crippen LogP contribution in [0.1, 0.15) is 63.0 Å². The van der Waals surface area contributed by atoms with E-state index in [1.165, 1.54) is 37.7 Å². The van der Waals surface area contributed by atoms with Gasteiger partial charge in [0.25, 0.3) is 0 Å². The van der Waals surface area contributed by atoms with E-state index in [1.807, 2.05) is 13.8 Å². The molecule has 1 heterocycles. The molecule has 0 aromatic heterocycles. The van der Waals surface area contributed by atoms with Crippen molar-refractivity contribution in [2.24, 2.45) is 15.7 Å². The van der Waals surface area contributed by atoms with E-state index in [-0.39, 0.29) is 0 Å². The Labute approximate surface area is 150 Å². The monoisotopic (exact) mass is 337 g/mol. The van der Waals surface area contributed by atoms with Crippen molar-refractivity contribution in [3.63, 3.8) is 0 Å². The molecule has 25 heavy (non-hydrogen) atoms. The quantitative estimate of drug-likeness (QED) is 0.871. The summed E-state index contributed by atoms with van der Waals surface area (Å²) in [5.41, 5.74) is 11.2. The Morgan fingerprint density at radius 3 is 2.44 bits per heavy atom. The summed E-state index contributed by atoms with van der Waals surface area (Å²) in [6.07, 6.45) is 6.70. The third-order valence-corrected chi connectivity index (χ3v) is 4.78. The minimum Gasteiger partial charge on any atom is -0.470 e. The SMILES string of the molecule is C=C(C)N=C1OCC(c2ccc(C3CCCCC3)cc2)=N/C1=C(/C)N. The van der Waals surface area contributed by atoms with Crippen LogP contribution in [0.25, 0.3) is 0 Å². The second kappa shape index (κ2) is 7.68. The number of nitrogens with two attached hydrogens (primary N) is 1. The van der Waals surface area contributed by atoms with Crippen LogP contribution >= 0.6 is 0 Å². The van der Waals surface area contributed by atoms with Gasteiger partial charge in [0.15, 0.2) is 0 Å². The minimum absolute atomic E-state index is 0.395. The number of benzene rings is 1. The van der Waals surface area contributed by atoms with Crippen molar-refractivity contribution >= 4 is 11.6 Å². The number of allylic oxidation sites excluding steroid dienone is 2. The molecule has 3 rings (SSSR count). The first-order chi connectivity index (χ1) is 12.0. The Hall–Kier alpha value is -2.36. The zero-order chi connectivity index (χ0) is 17.8. The molecule has 0 atom stereocenters. The van der Waals surface area contributed by atoms with Crippen molar-refractivity contribution in [1.82, 2.24) is 0 Å². The molecule has 132 valence electrons. The molecule has 2 N–H and O–H groups in total. The van der Waals surface area contributed by atoms with Crippen molar-refractivity contribution in [2.75, 3.05) is 6.61 Å². The van der Waals surface area contributed by atoms with Crippen LogP contribution in [-0.2, 0) is 4.74 Å². The maximum atomic E-state index is 5.98. The van der Waals surface area contributed by atoms with Gasteiger partial charge in [-0.1, -0.05) is 50.1 Å². The zero-order valence-electron chi connectivity index (χ0n) is 15.2. The van der Waals surface area contributed by atoms with Crippen LogP contribution in [-0.4, -0.2) is 18.2 Å². The molecule has 1 fully saturated rings. The summed E-state index contributed by atoms with van der Waals surface area (Å²) in [6, 6.07) is 8.78. The molecule has 1 aromatic carbocycles. The molecule has 1 aliphatic carbocycles.